The molecule has 0 saturated carbocycles. The fraction of sp³-hybridized carbons (Fsp3) is 0.150. The van der Waals surface area contributed by atoms with E-state index in [0.717, 1.165) is 22.6 Å². The van der Waals surface area contributed by atoms with Gasteiger partial charge in [-0.1, -0.05) is 36.4 Å². The van der Waals surface area contributed by atoms with Gasteiger partial charge in [-0.3, -0.25) is 4.79 Å². The summed E-state index contributed by atoms with van der Waals surface area (Å²) in [5.41, 5.74) is 2.95. The Morgan fingerprint density at radius 1 is 1.04 bits per heavy atom. The van der Waals surface area contributed by atoms with Crippen LogP contribution in [-0.2, 0) is 6.42 Å². The summed E-state index contributed by atoms with van der Waals surface area (Å²) in [6.07, 6.45) is 0.871. The summed E-state index contributed by atoms with van der Waals surface area (Å²) >= 11 is 1.47. The molecule has 2 aromatic carbocycles. The number of ketones is 1. The molecule has 0 aliphatic heterocycles. The van der Waals surface area contributed by atoms with Gasteiger partial charge in [-0.05, 0) is 47.7 Å². The van der Waals surface area contributed by atoms with Crippen LogP contribution in [0.15, 0.2) is 66.0 Å². The number of hydrogen-bond acceptors (Lipinski definition) is 3. The van der Waals surface area contributed by atoms with Gasteiger partial charge in [0.1, 0.15) is 5.75 Å². The molecule has 0 fully saturated rings. The molecule has 0 aliphatic rings. The highest BCUT2D eigenvalue weighted by Crippen LogP contribution is 2.22. The van der Waals surface area contributed by atoms with Crippen LogP contribution in [0.5, 0.6) is 5.75 Å². The second-order valence-corrected chi connectivity index (χ2v) is 6.32. The van der Waals surface area contributed by atoms with Crippen molar-refractivity contribution in [3.8, 4) is 5.75 Å². The lowest BCUT2D eigenvalue weighted by Crippen LogP contribution is -2.04. The van der Waals surface area contributed by atoms with E-state index >= 15 is 0 Å². The summed E-state index contributed by atoms with van der Waals surface area (Å²) in [6.45, 7) is 2.60. The summed E-state index contributed by atoms with van der Waals surface area (Å²) in [4.78, 5) is 13.1. The van der Waals surface area contributed by atoms with Crippen LogP contribution in [0.2, 0.25) is 0 Å². The van der Waals surface area contributed by atoms with Crippen LogP contribution in [0.25, 0.3) is 0 Å². The van der Waals surface area contributed by atoms with Crippen molar-refractivity contribution in [2.24, 2.45) is 0 Å². The molecule has 0 aliphatic carbocycles. The Balaban J connectivity index is 1.64. The van der Waals surface area contributed by atoms with E-state index in [1.165, 1.54) is 16.9 Å². The zero-order valence-corrected chi connectivity index (χ0v) is 13.8. The van der Waals surface area contributed by atoms with Gasteiger partial charge in [0.05, 0.1) is 11.5 Å². The van der Waals surface area contributed by atoms with E-state index in [2.05, 4.69) is 12.1 Å². The first-order valence-corrected chi connectivity index (χ1v) is 8.47. The molecular formula is C20H18O2S. The predicted molar refractivity (Wildman–Crippen MR) is 94.6 cm³/mol. The summed E-state index contributed by atoms with van der Waals surface area (Å²) in [6, 6.07) is 19.7. The lowest BCUT2D eigenvalue weighted by molar-refractivity contribution is 0.104. The highest BCUT2D eigenvalue weighted by atomic mass is 32.1. The normalized spacial score (nSPS) is 10.5. The molecule has 0 bridgehead atoms. The van der Waals surface area contributed by atoms with Crippen molar-refractivity contribution < 1.29 is 9.53 Å². The van der Waals surface area contributed by atoms with Crippen molar-refractivity contribution in [1.29, 1.82) is 0 Å². The van der Waals surface area contributed by atoms with Crippen LogP contribution in [-0.4, -0.2) is 12.4 Å². The first-order chi connectivity index (χ1) is 11.2. The van der Waals surface area contributed by atoms with Gasteiger partial charge in [0.15, 0.2) is 0 Å². The van der Waals surface area contributed by atoms with Crippen LogP contribution in [0.3, 0.4) is 0 Å². The summed E-state index contributed by atoms with van der Waals surface area (Å²) in [5, 5.41) is 1.92. The van der Waals surface area contributed by atoms with Gasteiger partial charge in [0.2, 0.25) is 5.78 Å². The van der Waals surface area contributed by atoms with Crippen molar-refractivity contribution in [3.63, 3.8) is 0 Å². The number of carbonyl (C=O) groups is 1. The van der Waals surface area contributed by atoms with E-state index in [1.54, 1.807) is 0 Å². The lowest BCUT2D eigenvalue weighted by atomic mass is 10.1. The number of rotatable bonds is 6. The molecule has 1 aromatic heterocycles. The molecule has 0 N–H and O–H groups in total. The van der Waals surface area contributed by atoms with E-state index in [0.29, 0.717) is 12.2 Å². The van der Waals surface area contributed by atoms with Crippen LogP contribution in [0.1, 0.15) is 26.4 Å². The number of benzene rings is 2. The van der Waals surface area contributed by atoms with Crippen molar-refractivity contribution in [2.75, 3.05) is 6.61 Å². The van der Waals surface area contributed by atoms with Crippen molar-refractivity contribution >= 4 is 17.1 Å². The van der Waals surface area contributed by atoms with Gasteiger partial charge < -0.3 is 4.74 Å². The largest absolute Gasteiger partial charge is 0.493 e. The molecule has 0 saturated heterocycles. The van der Waals surface area contributed by atoms with Gasteiger partial charge in [-0.15, -0.1) is 11.3 Å². The topological polar surface area (TPSA) is 26.3 Å². The lowest BCUT2D eigenvalue weighted by Gasteiger charge is -2.10. The van der Waals surface area contributed by atoms with Gasteiger partial charge in [0, 0.05) is 12.0 Å². The van der Waals surface area contributed by atoms with Gasteiger partial charge in [0.25, 0.3) is 0 Å². The van der Waals surface area contributed by atoms with Crippen LogP contribution in [0, 0.1) is 6.92 Å². The van der Waals surface area contributed by atoms with Crippen LogP contribution in [0.4, 0.5) is 0 Å². The zero-order chi connectivity index (χ0) is 16.1. The summed E-state index contributed by atoms with van der Waals surface area (Å²) < 4.78 is 5.86. The Hall–Kier alpha value is -2.39. The molecular weight excluding hydrogens is 304 g/mol. The maximum absolute atomic E-state index is 12.3. The minimum atomic E-state index is 0.0685. The zero-order valence-electron chi connectivity index (χ0n) is 13.0. The smallest absolute Gasteiger partial charge is 0.202 e. The Kier molecular flexibility index (Phi) is 4.89. The number of hydrogen-bond donors (Lipinski definition) is 0. The maximum Gasteiger partial charge on any atom is 0.202 e. The molecule has 0 radical (unpaired) electrons. The van der Waals surface area contributed by atoms with Crippen LogP contribution < -0.4 is 4.74 Å². The summed E-state index contributed by atoms with van der Waals surface area (Å²) in [5.74, 6) is 0.905. The van der Waals surface area contributed by atoms with Gasteiger partial charge in [-0.25, -0.2) is 0 Å². The van der Waals surface area contributed by atoms with Crippen molar-refractivity contribution in [2.45, 2.75) is 13.3 Å². The average Bonchev–Trinajstić information content (AvgIpc) is 3.11. The molecule has 3 heteroatoms. The van der Waals surface area contributed by atoms with Crippen LogP contribution >= 0.6 is 11.3 Å². The molecule has 2 nitrogen and oxygen atoms in total. The molecule has 0 spiro atoms. The van der Waals surface area contributed by atoms with E-state index < -0.39 is 0 Å². The third-order valence-corrected chi connectivity index (χ3v) is 4.54. The Morgan fingerprint density at radius 2 is 1.87 bits per heavy atom. The third-order valence-electron chi connectivity index (χ3n) is 3.67. The highest BCUT2D eigenvalue weighted by Gasteiger charge is 2.11. The first-order valence-electron chi connectivity index (χ1n) is 7.59. The number of aryl methyl sites for hydroxylation is 1. The molecule has 116 valence electrons. The fourth-order valence-corrected chi connectivity index (χ4v) is 3.11. The highest BCUT2D eigenvalue weighted by molar-refractivity contribution is 7.12. The molecule has 1 heterocycles. The van der Waals surface area contributed by atoms with E-state index in [1.807, 2.05) is 60.8 Å². The third kappa shape index (κ3) is 3.88. The number of thiophene rings is 1. The molecule has 0 unspecified atom stereocenters. The number of ether oxygens (including phenoxy) is 1. The molecule has 3 rings (SSSR count). The quantitative estimate of drug-likeness (QED) is 0.603. The predicted octanol–water partition coefficient (Wildman–Crippen LogP) is 4.91. The SMILES string of the molecule is Cc1cc(C(=O)c2cccs2)ccc1OCCc1ccccc1. The Morgan fingerprint density at radius 3 is 2.57 bits per heavy atom. The van der Waals surface area contributed by atoms with E-state index in [4.69, 9.17) is 4.74 Å². The van der Waals surface area contributed by atoms with Crippen molar-refractivity contribution in [3.05, 3.63) is 87.6 Å². The van der Waals surface area contributed by atoms with Gasteiger partial charge >= 0.3 is 0 Å². The Bertz CT molecular complexity index is 777. The standard InChI is InChI=1S/C20H18O2S/c1-15-14-17(20(21)19-8-5-13-23-19)9-10-18(15)22-12-11-16-6-3-2-4-7-16/h2-10,13-14H,11-12H2,1H3. The molecule has 0 amide bonds. The minimum absolute atomic E-state index is 0.0685. The Labute approximate surface area is 140 Å². The fourth-order valence-electron chi connectivity index (χ4n) is 2.43. The number of carbonyl (C=O) groups excluding carboxylic acids is 1. The molecule has 3 aromatic rings. The second-order valence-electron chi connectivity index (χ2n) is 5.37. The monoisotopic (exact) mass is 322 g/mol. The summed E-state index contributed by atoms with van der Waals surface area (Å²) in [7, 11) is 0. The first kappa shape index (κ1) is 15.5. The average molecular weight is 322 g/mol. The van der Waals surface area contributed by atoms with Gasteiger partial charge in [-0.2, -0.15) is 0 Å². The van der Waals surface area contributed by atoms with Crippen molar-refractivity contribution in [1.82, 2.24) is 0 Å². The van der Waals surface area contributed by atoms with E-state index in [-0.39, 0.29) is 5.78 Å². The van der Waals surface area contributed by atoms with E-state index in [9.17, 15) is 4.79 Å². The maximum atomic E-state index is 12.3. The molecule has 23 heavy (non-hydrogen) atoms. The molecule has 0 atom stereocenters. The second kappa shape index (κ2) is 7.25. The minimum Gasteiger partial charge on any atom is -0.493 e.